The Bertz CT molecular complexity index is 1180. The third-order valence-corrected chi connectivity index (χ3v) is 5.39. The summed E-state index contributed by atoms with van der Waals surface area (Å²) in [5.74, 6) is -0.115. The number of rotatable bonds is 9. The number of ether oxygens (including phenoxy) is 1. The molecule has 0 spiro atoms. The Labute approximate surface area is 181 Å². The lowest BCUT2D eigenvalue weighted by Crippen LogP contribution is -2.38. The minimum atomic E-state index is -0.872. The van der Waals surface area contributed by atoms with Crippen LogP contribution >= 0.6 is 0 Å². The summed E-state index contributed by atoms with van der Waals surface area (Å²) in [5, 5.41) is 14.0. The zero-order valence-electron chi connectivity index (χ0n) is 17.5. The number of aryl methyl sites for hydroxylation is 1. The van der Waals surface area contributed by atoms with Gasteiger partial charge in [0.2, 0.25) is 0 Å². The van der Waals surface area contributed by atoms with Crippen LogP contribution in [-0.4, -0.2) is 22.1 Å². The third kappa shape index (κ3) is 5.13. The molecule has 4 aromatic rings. The summed E-state index contributed by atoms with van der Waals surface area (Å²) in [4.78, 5) is 15.1. The van der Waals surface area contributed by atoms with Crippen molar-refractivity contribution in [3.05, 3.63) is 101 Å². The molecule has 0 aliphatic heterocycles. The molecular formula is C26H26N2O3. The number of para-hydroxylation sites is 2. The lowest BCUT2D eigenvalue weighted by Gasteiger charge is -2.17. The molecule has 3 aromatic carbocycles. The van der Waals surface area contributed by atoms with E-state index in [1.807, 2.05) is 66.9 Å². The van der Waals surface area contributed by atoms with Crippen LogP contribution in [0.15, 0.2) is 79.0 Å². The largest absolute Gasteiger partial charge is 0.489 e. The molecule has 1 heterocycles. The molecule has 0 aliphatic rings. The monoisotopic (exact) mass is 414 g/mol. The number of aromatic amines is 1. The van der Waals surface area contributed by atoms with Crippen molar-refractivity contribution < 1.29 is 14.6 Å². The first-order chi connectivity index (χ1) is 15.1. The predicted molar refractivity (Wildman–Crippen MR) is 122 cm³/mol. The van der Waals surface area contributed by atoms with Gasteiger partial charge < -0.3 is 14.8 Å². The van der Waals surface area contributed by atoms with Crippen LogP contribution in [0.5, 0.6) is 5.75 Å². The number of fused-ring (bicyclic) bond motifs is 1. The molecule has 5 nitrogen and oxygen atoms in total. The van der Waals surface area contributed by atoms with Gasteiger partial charge in [-0.25, -0.2) is 0 Å². The fourth-order valence-electron chi connectivity index (χ4n) is 3.75. The Morgan fingerprint density at radius 2 is 1.84 bits per heavy atom. The second-order valence-corrected chi connectivity index (χ2v) is 7.72. The van der Waals surface area contributed by atoms with Gasteiger partial charge in [-0.3, -0.25) is 10.1 Å². The van der Waals surface area contributed by atoms with E-state index in [1.54, 1.807) is 0 Å². The number of carbonyl (C=O) groups is 1. The maximum absolute atomic E-state index is 11.9. The molecule has 31 heavy (non-hydrogen) atoms. The van der Waals surface area contributed by atoms with Crippen LogP contribution in [0, 0.1) is 6.92 Å². The molecule has 5 heteroatoms. The Hall–Kier alpha value is -3.57. The van der Waals surface area contributed by atoms with E-state index in [-0.39, 0.29) is 0 Å². The van der Waals surface area contributed by atoms with Crippen molar-refractivity contribution in [2.75, 3.05) is 0 Å². The van der Waals surface area contributed by atoms with Crippen molar-refractivity contribution in [2.24, 2.45) is 0 Å². The van der Waals surface area contributed by atoms with Crippen LogP contribution in [0.1, 0.15) is 22.3 Å². The van der Waals surface area contributed by atoms with Crippen molar-refractivity contribution in [3.8, 4) is 5.75 Å². The van der Waals surface area contributed by atoms with Gasteiger partial charge in [-0.2, -0.15) is 0 Å². The molecule has 0 bridgehead atoms. The van der Waals surface area contributed by atoms with Crippen LogP contribution in [-0.2, 0) is 24.4 Å². The first kappa shape index (κ1) is 20.7. The minimum Gasteiger partial charge on any atom is -0.489 e. The molecule has 0 aliphatic carbocycles. The van der Waals surface area contributed by atoms with E-state index in [0.717, 1.165) is 33.3 Å². The van der Waals surface area contributed by atoms with Gasteiger partial charge in [-0.1, -0.05) is 66.2 Å². The zero-order chi connectivity index (χ0) is 21.6. The smallest absolute Gasteiger partial charge is 0.321 e. The number of aliphatic carboxylic acids is 1. The van der Waals surface area contributed by atoms with Crippen molar-refractivity contribution in [1.29, 1.82) is 0 Å². The highest BCUT2D eigenvalue weighted by Gasteiger charge is 2.20. The third-order valence-electron chi connectivity index (χ3n) is 5.39. The van der Waals surface area contributed by atoms with E-state index < -0.39 is 12.0 Å². The number of nitrogens with one attached hydrogen (secondary N) is 2. The maximum atomic E-state index is 11.9. The molecule has 0 saturated heterocycles. The summed E-state index contributed by atoms with van der Waals surface area (Å²) in [5.41, 5.74) is 5.22. The number of benzene rings is 3. The summed E-state index contributed by atoms with van der Waals surface area (Å²) < 4.78 is 6.04. The number of hydrogen-bond acceptors (Lipinski definition) is 3. The molecular weight excluding hydrogens is 388 g/mol. The number of carboxylic acids is 1. The Morgan fingerprint density at radius 1 is 1.03 bits per heavy atom. The molecule has 0 saturated carbocycles. The molecule has 0 amide bonds. The molecule has 158 valence electrons. The van der Waals surface area contributed by atoms with Crippen molar-refractivity contribution in [2.45, 2.75) is 32.5 Å². The molecule has 4 rings (SSSR count). The summed E-state index contributed by atoms with van der Waals surface area (Å²) in [6, 6.07) is 23.2. The van der Waals surface area contributed by atoms with Gasteiger partial charge in [0.25, 0.3) is 0 Å². The van der Waals surface area contributed by atoms with Gasteiger partial charge >= 0.3 is 5.97 Å². The molecule has 0 fully saturated rings. The average Bonchev–Trinajstić information content (AvgIpc) is 3.18. The fourth-order valence-corrected chi connectivity index (χ4v) is 3.75. The summed E-state index contributed by atoms with van der Waals surface area (Å²) in [7, 11) is 0. The van der Waals surface area contributed by atoms with E-state index in [2.05, 4.69) is 29.4 Å². The highest BCUT2D eigenvalue weighted by molar-refractivity contribution is 5.84. The highest BCUT2D eigenvalue weighted by atomic mass is 16.5. The van der Waals surface area contributed by atoms with Crippen LogP contribution in [0.4, 0.5) is 0 Å². The number of hydrogen-bond donors (Lipinski definition) is 3. The quantitative estimate of drug-likeness (QED) is 0.366. The first-order valence-corrected chi connectivity index (χ1v) is 10.4. The number of H-pyrrole nitrogens is 1. The average molecular weight is 415 g/mol. The van der Waals surface area contributed by atoms with E-state index in [0.29, 0.717) is 19.6 Å². The maximum Gasteiger partial charge on any atom is 0.321 e. The lowest BCUT2D eigenvalue weighted by atomic mass is 10.0. The second-order valence-electron chi connectivity index (χ2n) is 7.72. The van der Waals surface area contributed by atoms with Crippen molar-refractivity contribution in [3.63, 3.8) is 0 Å². The summed E-state index contributed by atoms with van der Waals surface area (Å²) in [6.07, 6.45) is 2.28. The van der Waals surface area contributed by atoms with Crippen molar-refractivity contribution >= 4 is 16.9 Å². The Kier molecular flexibility index (Phi) is 6.34. The minimum absolute atomic E-state index is 0.395. The summed E-state index contributed by atoms with van der Waals surface area (Å²) >= 11 is 0. The van der Waals surface area contributed by atoms with Crippen LogP contribution < -0.4 is 10.1 Å². The predicted octanol–water partition coefficient (Wildman–Crippen LogP) is 4.84. The molecule has 0 radical (unpaired) electrons. The van der Waals surface area contributed by atoms with E-state index in [4.69, 9.17) is 4.74 Å². The van der Waals surface area contributed by atoms with Gasteiger partial charge in [-0.05, 0) is 30.2 Å². The molecule has 1 atom stereocenters. The van der Waals surface area contributed by atoms with E-state index in [9.17, 15) is 9.90 Å². The van der Waals surface area contributed by atoms with Gasteiger partial charge in [0.15, 0.2) is 0 Å². The number of aromatic nitrogens is 1. The van der Waals surface area contributed by atoms with Crippen LogP contribution in [0.2, 0.25) is 0 Å². The van der Waals surface area contributed by atoms with Crippen LogP contribution in [0.3, 0.4) is 0 Å². The van der Waals surface area contributed by atoms with E-state index in [1.165, 1.54) is 5.56 Å². The summed E-state index contributed by atoms with van der Waals surface area (Å²) in [6.45, 7) is 2.93. The van der Waals surface area contributed by atoms with Crippen LogP contribution in [0.25, 0.3) is 10.9 Å². The van der Waals surface area contributed by atoms with Gasteiger partial charge in [-0.15, -0.1) is 0 Å². The lowest BCUT2D eigenvalue weighted by molar-refractivity contribution is -0.139. The second kappa shape index (κ2) is 9.49. The van der Waals surface area contributed by atoms with Gasteiger partial charge in [0.05, 0.1) is 0 Å². The van der Waals surface area contributed by atoms with Gasteiger partial charge in [0.1, 0.15) is 18.4 Å². The Morgan fingerprint density at radius 3 is 2.68 bits per heavy atom. The normalized spacial score (nSPS) is 12.0. The Balaban J connectivity index is 1.43. The highest BCUT2D eigenvalue weighted by Crippen LogP contribution is 2.22. The zero-order valence-corrected chi connectivity index (χ0v) is 17.5. The van der Waals surface area contributed by atoms with E-state index >= 15 is 0 Å². The molecule has 1 aromatic heterocycles. The fraction of sp³-hybridized carbons (Fsp3) is 0.192. The first-order valence-electron chi connectivity index (χ1n) is 10.4. The van der Waals surface area contributed by atoms with Gasteiger partial charge in [0, 0.05) is 35.6 Å². The number of carboxylic acid groups (broad SMARTS) is 1. The van der Waals surface area contributed by atoms with Crippen molar-refractivity contribution in [1.82, 2.24) is 10.3 Å². The molecule has 0 unspecified atom stereocenters. The topological polar surface area (TPSA) is 74.3 Å². The molecule has 3 N–H and O–H groups in total. The standard InChI is InChI=1S/C26H26N2O3/c1-18-7-6-8-19(13-18)17-31-25-12-5-2-9-20(25)15-28-24(26(29)30)14-21-16-27-23-11-4-3-10-22(21)23/h2-13,16,24,27-28H,14-15,17H2,1H3,(H,29,30)/t24-/m1/s1. The SMILES string of the molecule is Cc1cccc(COc2ccccc2CN[C@H](Cc2c[nH]c3ccccc23)C(=O)O)c1.